The van der Waals surface area contributed by atoms with Gasteiger partial charge in [0.2, 0.25) is 5.91 Å². The highest BCUT2D eigenvalue weighted by Crippen LogP contribution is 2.38. The van der Waals surface area contributed by atoms with Crippen molar-refractivity contribution in [2.45, 2.75) is 65.7 Å². The standard InChI is InChI=1S/C33H37N5O3/c1-20(2)30-21(3)38(27-16-15-23(32(34)40)17-29(27)41-33(4,5)6)36-31(30)24-13-10-14-26-25(24)18-37(35-26)19-28(39)22-11-8-7-9-12-22/h7-18,20,28,39H,19H2,1-6H3,(H2,34,40)/t28-/m0/s1. The molecule has 0 radical (unpaired) electrons. The topological polar surface area (TPSA) is 108 Å². The zero-order valence-corrected chi connectivity index (χ0v) is 24.4. The zero-order valence-electron chi connectivity index (χ0n) is 24.4. The Morgan fingerprint density at radius 3 is 2.41 bits per heavy atom. The SMILES string of the molecule is Cc1c(C(C)C)c(-c2cccc3nn(C[C@H](O)c4ccccc4)cc23)nn1-c1ccc(C(N)=O)cc1OC(C)(C)C. The predicted molar refractivity (Wildman–Crippen MR) is 161 cm³/mol. The lowest BCUT2D eigenvalue weighted by Gasteiger charge is -2.24. The van der Waals surface area contributed by atoms with E-state index in [9.17, 15) is 9.90 Å². The number of primary amides is 1. The number of aromatic nitrogens is 4. The molecule has 2 heterocycles. The first-order valence-corrected chi connectivity index (χ1v) is 13.8. The van der Waals surface area contributed by atoms with Crippen molar-refractivity contribution in [2.24, 2.45) is 5.73 Å². The van der Waals surface area contributed by atoms with Crippen LogP contribution in [0.4, 0.5) is 0 Å². The molecule has 8 heteroatoms. The molecule has 3 aromatic carbocycles. The number of hydrogen-bond donors (Lipinski definition) is 2. The van der Waals surface area contributed by atoms with Crippen LogP contribution >= 0.6 is 0 Å². The molecule has 8 nitrogen and oxygen atoms in total. The van der Waals surface area contributed by atoms with Gasteiger partial charge in [0.1, 0.15) is 17.0 Å². The second kappa shape index (κ2) is 10.9. The van der Waals surface area contributed by atoms with E-state index in [4.69, 9.17) is 20.7 Å². The highest BCUT2D eigenvalue weighted by molar-refractivity contribution is 5.95. The van der Waals surface area contributed by atoms with E-state index in [0.717, 1.165) is 44.7 Å². The summed E-state index contributed by atoms with van der Waals surface area (Å²) < 4.78 is 9.97. The fourth-order valence-corrected chi connectivity index (χ4v) is 5.24. The molecule has 1 atom stereocenters. The van der Waals surface area contributed by atoms with Gasteiger partial charge in [-0.05, 0) is 63.4 Å². The van der Waals surface area contributed by atoms with E-state index >= 15 is 0 Å². The van der Waals surface area contributed by atoms with Gasteiger partial charge in [-0.3, -0.25) is 9.48 Å². The number of rotatable bonds is 8. The molecular weight excluding hydrogens is 514 g/mol. The number of carbonyl (C=O) groups excluding carboxylic acids is 1. The van der Waals surface area contributed by atoms with Gasteiger partial charge in [0.05, 0.1) is 23.9 Å². The highest BCUT2D eigenvalue weighted by atomic mass is 16.5. The molecule has 1 amide bonds. The van der Waals surface area contributed by atoms with E-state index in [-0.39, 0.29) is 5.92 Å². The Balaban J connectivity index is 1.63. The second-order valence-electron chi connectivity index (χ2n) is 11.7. The van der Waals surface area contributed by atoms with Crippen molar-refractivity contribution in [1.82, 2.24) is 19.6 Å². The molecule has 0 fully saturated rings. The van der Waals surface area contributed by atoms with Gasteiger partial charge in [-0.25, -0.2) is 4.68 Å². The molecular formula is C33H37N5O3. The highest BCUT2D eigenvalue weighted by Gasteiger charge is 2.25. The maximum absolute atomic E-state index is 12.0. The largest absolute Gasteiger partial charge is 0.486 e. The average Bonchev–Trinajstić information content (AvgIpc) is 3.48. The van der Waals surface area contributed by atoms with Crippen LogP contribution in [0.15, 0.2) is 72.9 Å². The summed E-state index contributed by atoms with van der Waals surface area (Å²) in [5, 5.41) is 21.7. The number of aliphatic hydroxyl groups is 1. The normalized spacial score (nSPS) is 12.7. The molecule has 0 aliphatic rings. The maximum Gasteiger partial charge on any atom is 0.248 e. The number of benzene rings is 3. The lowest BCUT2D eigenvalue weighted by Crippen LogP contribution is -2.24. The minimum atomic E-state index is -0.675. The maximum atomic E-state index is 12.0. The molecule has 0 aliphatic carbocycles. The summed E-state index contributed by atoms with van der Waals surface area (Å²) in [6, 6.07) is 20.8. The smallest absolute Gasteiger partial charge is 0.248 e. The first kappa shape index (κ1) is 28.1. The van der Waals surface area contributed by atoms with Crippen LogP contribution in [0, 0.1) is 6.92 Å². The average molecular weight is 552 g/mol. The third-order valence-electron chi connectivity index (χ3n) is 7.03. The van der Waals surface area contributed by atoms with Gasteiger partial charge in [0, 0.05) is 34.0 Å². The predicted octanol–water partition coefficient (Wildman–Crippen LogP) is 6.33. The Hall–Kier alpha value is -4.43. The van der Waals surface area contributed by atoms with Crippen molar-refractivity contribution in [3.05, 3.63) is 95.3 Å². The molecule has 0 spiro atoms. The first-order valence-electron chi connectivity index (χ1n) is 13.8. The molecule has 212 valence electrons. The Morgan fingerprint density at radius 2 is 1.76 bits per heavy atom. The Labute approximate surface area is 240 Å². The van der Waals surface area contributed by atoms with Crippen molar-refractivity contribution in [3.8, 4) is 22.7 Å². The molecule has 41 heavy (non-hydrogen) atoms. The van der Waals surface area contributed by atoms with Gasteiger partial charge in [0.15, 0.2) is 0 Å². The van der Waals surface area contributed by atoms with Gasteiger partial charge in [0.25, 0.3) is 0 Å². The first-order chi connectivity index (χ1) is 19.4. The number of carbonyl (C=O) groups is 1. The quantitative estimate of drug-likeness (QED) is 0.234. The van der Waals surface area contributed by atoms with E-state index in [1.165, 1.54) is 0 Å². The molecule has 0 unspecified atom stereocenters. The number of nitrogens with zero attached hydrogens (tertiary/aromatic N) is 4. The summed E-state index contributed by atoms with van der Waals surface area (Å²) in [4.78, 5) is 12.0. The van der Waals surface area contributed by atoms with Crippen LogP contribution in [0.25, 0.3) is 27.8 Å². The van der Waals surface area contributed by atoms with Crippen molar-refractivity contribution in [2.75, 3.05) is 0 Å². The summed E-state index contributed by atoms with van der Waals surface area (Å²) >= 11 is 0. The fraction of sp³-hybridized carbons (Fsp3) is 0.303. The lowest BCUT2D eigenvalue weighted by atomic mass is 9.95. The Morgan fingerprint density at radius 1 is 1.02 bits per heavy atom. The van der Waals surface area contributed by atoms with Gasteiger partial charge in [-0.15, -0.1) is 0 Å². The van der Waals surface area contributed by atoms with E-state index < -0.39 is 17.6 Å². The molecule has 0 saturated heterocycles. The molecule has 0 aliphatic heterocycles. The van der Waals surface area contributed by atoms with Crippen LogP contribution in [0.1, 0.15) is 73.8 Å². The number of nitrogens with two attached hydrogens (primary N) is 1. The van der Waals surface area contributed by atoms with Crippen LogP contribution in [0.5, 0.6) is 5.75 Å². The molecule has 0 bridgehead atoms. The van der Waals surface area contributed by atoms with E-state index in [1.54, 1.807) is 16.8 Å². The van der Waals surface area contributed by atoms with Crippen LogP contribution in [-0.4, -0.2) is 36.2 Å². The van der Waals surface area contributed by atoms with E-state index in [0.29, 0.717) is 17.9 Å². The van der Waals surface area contributed by atoms with Crippen LogP contribution in [-0.2, 0) is 6.54 Å². The molecule has 5 rings (SSSR count). The Kier molecular flexibility index (Phi) is 7.44. The number of amides is 1. The van der Waals surface area contributed by atoms with Crippen molar-refractivity contribution < 1.29 is 14.6 Å². The summed E-state index contributed by atoms with van der Waals surface area (Å²) in [6.45, 7) is 12.6. The number of hydrogen-bond acceptors (Lipinski definition) is 5. The lowest BCUT2D eigenvalue weighted by molar-refractivity contribution is 0.0996. The van der Waals surface area contributed by atoms with Crippen molar-refractivity contribution >= 4 is 16.8 Å². The summed E-state index contributed by atoms with van der Waals surface area (Å²) in [5.41, 5.74) is 11.8. The third kappa shape index (κ3) is 5.74. The molecule has 0 saturated carbocycles. The third-order valence-corrected chi connectivity index (χ3v) is 7.03. The molecule has 2 aromatic heterocycles. The van der Waals surface area contributed by atoms with Crippen LogP contribution in [0.2, 0.25) is 0 Å². The zero-order chi connectivity index (χ0) is 29.5. The van der Waals surface area contributed by atoms with Crippen molar-refractivity contribution in [3.63, 3.8) is 0 Å². The van der Waals surface area contributed by atoms with Crippen LogP contribution < -0.4 is 10.5 Å². The van der Waals surface area contributed by atoms with E-state index in [2.05, 4.69) is 26.8 Å². The fourth-order valence-electron chi connectivity index (χ4n) is 5.24. The number of ether oxygens (including phenoxy) is 1. The Bertz CT molecular complexity index is 1710. The summed E-state index contributed by atoms with van der Waals surface area (Å²) in [6.07, 6.45) is 1.30. The van der Waals surface area contributed by atoms with Gasteiger partial charge in [-0.1, -0.05) is 56.3 Å². The minimum absolute atomic E-state index is 0.181. The van der Waals surface area contributed by atoms with Crippen LogP contribution in [0.3, 0.4) is 0 Å². The number of fused-ring (bicyclic) bond motifs is 1. The van der Waals surface area contributed by atoms with Gasteiger partial charge < -0.3 is 15.6 Å². The summed E-state index contributed by atoms with van der Waals surface area (Å²) in [7, 11) is 0. The monoisotopic (exact) mass is 551 g/mol. The second-order valence-corrected chi connectivity index (χ2v) is 11.7. The van der Waals surface area contributed by atoms with E-state index in [1.807, 2.05) is 80.2 Å². The van der Waals surface area contributed by atoms with Crippen molar-refractivity contribution in [1.29, 1.82) is 0 Å². The van der Waals surface area contributed by atoms with Gasteiger partial charge in [-0.2, -0.15) is 10.2 Å². The minimum Gasteiger partial charge on any atom is -0.486 e. The molecule has 5 aromatic rings. The summed E-state index contributed by atoms with van der Waals surface area (Å²) in [5.74, 6) is 0.195. The number of aliphatic hydroxyl groups excluding tert-OH is 1. The molecule has 3 N–H and O–H groups in total. The van der Waals surface area contributed by atoms with Gasteiger partial charge >= 0.3 is 0 Å².